The summed E-state index contributed by atoms with van der Waals surface area (Å²) in [6.07, 6.45) is 5.50. The van der Waals surface area contributed by atoms with E-state index in [0.29, 0.717) is 12.3 Å². The fraction of sp³-hybridized carbons (Fsp3) is 0.500. The molecule has 1 atom stereocenters. The zero-order valence-electron chi connectivity index (χ0n) is 13.8. The number of hydrogen-bond donors (Lipinski definition) is 0. The highest BCUT2D eigenvalue weighted by molar-refractivity contribution is 7.88. The average molecular weight is 367 g/mol. The number of carbonyl (C=O) groups is 1. The molecule has 0 unspecified atom stereocenters. The van der Waals surface area contributed by atoms with Crippen LogP contribution in [0.15, 0.2) is 33.7 Å². The van der Waals surface area contributed by atoms with Crippen molar-refractivity contribution in [3.05, 3.63) is 34.2 Å². The highest BCUT2D eigenvalue weighted by Gasteiger charge is 2.35. The van der Waals surface area contributed by atoms with E-state index in [4.69, 9.17) is 0 Å². The largest absolute Gasteiger partial charge is 0.345 e. The maximum atomic E-state index is 13.0. The number of carbonyl (C=O) groups excluding carboxylic acids is 1. The molecular formula is C16H21N3O3S2. The van der Waals surface area contributed by atoms with Gasteiger partial charge in [0.05, 0.1) is 10.6 Å². The molecule has 130 valence electrons. The number of piperidine rings is 1. The van der Waals surface area contributed by atoms with E-state index in [2.05, 4.69) is 11.3 Å². The summed E-state index contributed by atoms with van der Waals surface area (Å²) in [4.78, 5) is 15.6. The normalized spacial score (nSPS) is 23.7. The molecule has 6 nitrogen and oxygen atoms in total. The molecule has 3 heterocycles. The molecule has 3 rings (SSSR count). The van der Waals surface area contributed by atoms with Gasteiger partial charge in [-0.3, -0.25) is 4.79 Å². The van der Waals surface area contributed by atoms with Crippen LogP contribution in [0.25, 0.3) is 0 Å². The topological polar surface area (TPSA) is 70.0 Å². The molecule has 0 aromatic carbocycles. The Kier molecular flexibility index (Phi) is 4.78. The number of hydrogen-bond acceptors (Lipinski definition) is 4. The van der Waals surface area contributed by atoms with E-state index < -0.39 is 10.2 Å². The number of allylic oxidation sites excluding steroid dienone is 1. The van der Waals surface area contributed by atoms with E-state index in [1.807, 2.05) is 16.3 Å². The van der Waals surface area contributed by atoms with Gasteiger partial charge in [-0.05, 0) is 43.2 Å². The van der Waals surface area contributed by atoms with E-state index in [1.165, 1.54) is 18.4 Å². The summed E-state index contributed by atoms with van der Waals surface area (Å²) in [6.45, 7) is 2.73. The summed E-state index contributed by atoms with van der Waals surface area (Å²) >= 11 is 1.40. The minimum atomic E-state index is -3.88. The molecule has 0 radical (unpaired) electrons. The van der Waals surface area contributed by atoms with Crippen molar-refractivity contribution >= 4 is 33.2 Å². The first-order chi connectivity index (χ1) is 11.4. The Morgan fingerprint density at radius 2 is 2.21 bits per heavy atom. The standard InChI is InChI=1S/C16H21N3O3S2/c1-3-12-7-4-5-9-19(12)16(20)14-11-13(15-8-6-10-23-15)17-24(21,22)18(14)2/h6,8,10-12H,3-5,7,9H2,1-2H3/t12-/m0/s1. The van der Waals surface area contributed by atoms with Crippen molar-refractivity contribution in [2.45, 2.75) is 38.6 Å². The molecule has 1 aromatic rings. The predicted octanol–water partition coefficient (Wildman–Crippen LogP) is 2.40. The van der Waals surface area contributed by atoms with Crippen LogP contribution in [0.5, 0.6) is 0 Å². The lowest BCUT2D eigenvalue weighted by Gasteiger charge is -2.37. The number of likely N-dealkylation sites (tertiary alicyclic amines) is 1. The Morgan fingerprint density at radius 3 is 2.88 bits per heavy atom. The highest BCUT2D eigenvalue weighted by atomic mass is 32.2. The SMILES string of the molecule is CC[C@H]1CCCCN1C(=O)C1=CC(c2cccs2)=NS(=O)(=O)N1C. The minimum Gasteiger partial charge on any atom is -0.334 e. The first-order valence-electron chi connectivity index (χ1n) is 8.09. The van der Waals surface area contributed by atoms with Crippen LogP contribution in [0.4, 0.5) is 0 Å². The van der Waals surface area contributed by atoms with Crippen LogP contribution in [0.1, 0.15) is 37.5 Å². The molecule has 8 heteroatoms. The summed E-state index contributed by atoms with van der Waals surface area (Å²) in [6, 6.07) is 3.81. The van der Waals surface area contributed by atoms with Crippen LogP contribution in [0.2, 0.25) is 0 Å². The van der Waals surface area contributed by atoms with Crippen LogP contribution >= 0.6 is 11.3 Å². The first kappa shape index (κ1) is 17.2. The van der Waals surface area contributed by atoms with Gasteiger partial charge in [-0.2, -0.15) is 8.42 Å². The molecule has 1 saturated heterocycles. The molecule has 1 fully saturated rings. The van der Waals surface area contributed by atoms with Crippen molar-refractivity contribution < 1.29 is 13.2 Å². The Balaban J connectivity index is 1.98. The van der Waals surface area contributed by atoms with E-state index >= 15 is 0 Å². The maximum absolute atomic E-state index is 13.0. The highest BCUT2D eigenvalue weighted by Crippen LogP contribution is 2.26. The summed E-state index contributed by atoms with van der Waals surface area (Å²) in [5.41, 5.74) is 0.505. The molecule has 2 aliphatic rings. The van der Waals surface area contributed by atoms with Crippen molar-refractivity contribution in [3.8, 4) is 0 Å². The predicted molar refractivity (Wildman–Crippen MR) is 95.3 cm³/mol. The number of likely N-dealkylation sites (N-methyl/N-ethyl adjacent to an activating group) is 1. The van der Waals surface area contributed by atoms with Crippen LogP contribution in [0, 0.1) is 0 Å². The third-order valence-corrected chi connectivity index (χ3v) is 6.73. The molecule has 0 N–H and O–H groups in total. The molecule has 2 aliphatic heterocycles. The molecular weight excluding hydrogens is 346 g/mol. The van der Waals surface area contributed by atoms with Gasteiger partial charge < -0.3 is 4.90 Å². The molecule has 0 spiro atoms. The monoisotopic (exact) mass is 367 g/mol. The van der Waals surface area contributed by atoms with E-state index in [9.17, 15) is 13.2 Å². The van der Waals surface area contributed by atoms with Gasteiger partial charge in [-0.15, -0.1) is 15.7 Å². The van der Waals surface area contributed by atoms with Crippen LogP contribution in [0.3, 0.4) is 0 Å². The van der Waals surface area contributed by atoms with Crippen LogP contribution in [-0.4, -0.2) is 48.9 Å². The average Bonchev–Trinajstić information content (AvgIpc) is 3.11. The van der Waals surface area contributed by atoms with E-state index in [1.54, 1.807) is 12.1 Å². The van der Waals surface area contributed by atoms with Gasteiger partial charge in [0.1, 0.15) is 5.70 Å². The van der Waals surface area contributed by atoms with Crippen LogP contribution < -0.4 is 0 Å². The first-order valence-corrected chi connectivity index (χ1v) is 10.4. The Bertz CT molecular complexity index is 781. The van der Waals surface area contributed by atoms with Gasteiger partial charge in [0.15, 0.2) is 0 Å². The third-order valence-electron chi connectivity index (χ3n) is 4.52. The lowest BCUT2D eigenvalue weighted by atomic mass is 9.99. The summed E-state index contributed by atoms with van der Waals surface area (Å²) in [5.74, 6) is -0.225. The number of amides is 1. The fourth-order valence-corrected chi connectivity index (χ4v) is 4.78. The van der Waals surface area contributed by atoms with Gasteiger partial charge in [0.2, 0.25) is 0 Å². The van der Waals surface area contributed by atoms with Crippen molar-refractivity contribution in [1.82, 2.24) is 9.21 Å². The number of rotatable bonds is 3. The second kappa shape index (κ2) is 6.68. The Hall–Kier alpha value is -1.67. The Labute approximate surface area is 146 Å². The van der Waals surface area contributed by atoms with Crippen molar-refractivity contribution in [3.63, 3.8) is 0 Å². The van der Waals surface area contributed by atoms with Gasteiger partial charge >= 0.3 is 10.2 Å². The molecule has 0 bridgehead atoms. The van der Waals surface area contributed by atoms with Gasteiger partial charge in [0, 0.05) is 19.6 Å². The molecule has 0 aliphatic carbocycles. The smallest absolute Gasteiger partial charge is 0.334 e. The van der Waals surface area contributed by atoms with Gasteiger partial charge in [-0.25, -0.2) is 4.31 Å². The quantitative estimate of drug-likeness (QED) is 0.824. The van der Waals surface area contributed by atoms with Gasteiger partial charge in [0.25, 0.3) is 5.91 Å². The van der Waals surface area contributed by atoms with Gasteiger partial charge in [-0.1, -0.05) is 13.0 Å². The number of nitrogens with zero attached hydrogens (tertiary/aromatic N) is 3. The van der Waals surface area contributed by atoms with Crippen molar-refractivity contribution in [2.75, 3.05) is 13.6 Å². The summed E-state index contributed by atoms with van der Waals surface area (Å²) < 4.78 is 29.6. The maximum Gasteiger partial charge on any atom is 0.345 e. The second-order valence-corrected chi connectivity index (χ2v) is 8.56. The van der Waals surface area contributed by atoms with Crippen LogP contribution in [-0.2, 0) is 15.0 Å². The minimum absolute atomic E-state index is 0.173. The summed E-state index contributed by atoms with van der Waals surface area (Å²) in [5, 5.41) is 1.86. The summed E-state index contributed by atoms with van der Waals surface area (Å²) in [7, 11) is -2.49. The van der Waals surface area contributed by atoms with Crippen molar-refractivity contribution in [2.24, 2.45) is 4.40 Å². The number of thiophene rings is 1. The lowest BCUT2D eigenvalue weighted by molar-refractivity contribution is -0.131. The molecule has 24 heavy (non-hydrogen) atoms. The molecule has 1 amide bonds. The zero-order chi connectivity index (χ0) is 17.3. The Morgan fingerprint density at radius 1 is 1.42 bits per heavy atom. The third kappa shape index (κ3) is 3.12. The zero-order valence-corrected chi connectivity index (χ0v) is 15.4. The second-order valence-electron chi connectivity index (χ2n) is 5.99. The van der Waals surface area contributed by atoms with Crippen molar-refractivity contribution in [1.29, 1.82) is 0 Å². The molecule has 0 saturated carbocycles. The lowest BCUT2D eigenvalue weighted by Crippen LogP contribution is -2.47. The van der Waals surface area contributed by atoms with E-state index in [0.717, 1.165) is 34.9 Å². The fourth-order valence-electron chi connectivity index (χ4n) is 3.13. The van der Waals surface area contributed by atoms with E-state index in [-0.39, 0.29) is 17.6 Å². The molecule has 1 aromatic heterocycles.